The van der Waals surface area contributed by atoms with Gasteiger partial charge in [-0.3, -0.25) is 43.7 Å². The van der Waals surface area contributed by atoms with Crippen molar-refractivity contribution in [3.63, 3.8) is 0 Å². The summed E-state index contributed by atoms with van der Waals surface area (Å²) in [5.74, 6) is 8.92. The zero-order valence-corrected chi connectivity index (χ0v) is 46.1. The number of Topliss-reactive ketones (excluding diaryl/α,β-unsaturated/α-hetero) is 3. The summed E-state index contributed by atoms with van der Waals surface area (Å²) in [5, 5.41) is 2.61. The molecule has 0 N–H and O–H groups in total. The molecular formula is C66H72N6O6. The Hall–Kier alpha value is -8.01. The van der Waals surface area contributed by atoms with Gasteiger partial charge in [-0.15, -0.1) is 19.3 Å². The quantitative estimate of drug-likeness (QED) is 0.0723. The molecule has 3 aliphatic rings. The predicted molar refractivity (Wildman–Crippen MR) is 309 cm³/mol. The van der Waals surface area contributed by atoms with Crippen molar-refractivity contribution < 1.29 is 28.8 Å². The van der Waals surface area contributed by atoms with Crippen LogP contribution in [0.3, 0.4) is 0 Å². The van der Waals surface area contributed by atoms with E-state index in [0.29, 0.717) is 48.2 Å². The van der Waals surface area contributed by atoms with Gasteiger partial charge < -0.3 is 14.7 Å². The molecular weight excluding hydrogens is 973 g/mol. The third kappa shape index (κ3) is 13.7. The maximum atomic E-state index is 12.9. The molecule has 0 unspecified atom stereocenters. The van der Waals surface area contributed by atoms with Gasteiger partial charge in [0.05, 0.1) is 34.7 Å². The monoisotopic (exact) mass is 1040 g/mol. The van der Waals surface area contributed by atoms with E-state index in [0.717, 1.165) is 76.8 Å². The topological polar surface area (TPSA) is 151 Å². The van der Waals surface area contributed by atoms with Crippen molar-refractivity contribution in [2.45, 2.75) is 154 Å². The first-order valence-electron chi connectivity index (χ1n) is 27.6. The normalized spacial score (nSPS) is 16.8. The Labute approximate surface area is 460 Å². The highest BCUT2D eigenvalue weighted by Gasteiger charge is 2.30. The highest BCUT2D eigenvalue weighted by molar-refractivity contribution is 6.10. The Bertz CT molecular complexity index is 3330. The van der Waals surface area contributed by atoms with Gasteiger partial charge in [0, 0.05) is 110 Å². The van der Waals surface area contributed by atoms with Gasteiger partial charge in [0.25, 0.3) is 0 Å². The number of fused-ring (bicyclic) bond motifs is 3. The van der Waals surface area contributed by atoms with Crippen molar-refractivity contribution >= 4 is 67.8 Å². The van der Waals surface area contributed by atoms with E-state index in [9.17, 15) is 28.8 Å². The highest BCUT2D eigenvalue weighted by Crippen LogP contribution is 2.30. The number of hydrogen-bond acceptors (Lipinski definition) is 9. The standard InChI is InChI=1S/3C22H24N2O2/c1-4-16-7-6-14-24(16)21(26)11-10-20(25)18-12-13-23-19-9-5-8-17(15(2)3)22(18)19;1-4-17-6-5-13-24(17)22(26)10-9-21(25)18-11-12-23-20-8-7-16(15(2)3)14-19(18)20;1-4-17-6-5-13-24(17)22(26)10-9-21(25)19-11-12-23-20-14-16(15(2)3)7-8-18(19)20/h1,5,8-9,12-13,15-16H,6-7,10-11,14H2,2-3H3;2*1,7-8,11-12,14-15,17H,5-6,9-10,13H2,2-3H3/t16-;2*17-/m111/s1. The van der Waals surface area contributed by atoms with Crippen LogP contribution in [0.25, 0.3) is 32.7 Å². The van der Waals surface area contributed by atoms with E-state index in [4.69, 9.17) is 19.3 Å². The van der Waals surface area contributed by atoms with Crippen molar-refractivity contribution in [3.05, 3.63) is 125 Å². The number of carbonyl (C=O) groups is 6. The fourth-order valence-corrected chi connectivity index (χ4v) is 10.7. The van der Waals surface area contributed by atoms with Crippen LogP contribution in [0.2, 0.25) is 0 Å². The molecule has 3 aromatic carbocycles. The Morgan fingerprint density at radius 2 is 0.897 bits per heavy atom. The minimum atomic E-state index is -0.119. The fraction of sp³-hybridized carbons (Fsp3) is 0.409. The molecule has 0 radical (unpaired) electrons. The van der Waals surface area contributed by atoms with Gasteiger partial charge in [0.1, 0.15) is 0 Å². The minimum Gasteiger partial charge on any atom is -0.329 e. The number of nitrogens with zero attached hydrogens (tertiary/aromatic N) is 6. The summed E-state index contributed by atoms with van der Waals surface area (Å²) in [6, 6.07) is 22.9. The van der Waals surface area contributed by atoms with Gasteiger partial charge >= 0.3 is 0 Å². The summed E-state index contributed by atoms with van der Waals surface area (Å²) in [6.07, 6.45) is 28.0. The van der Waals surface area contributed by atoms with Crippen molar-refractivity contribution in [2.75, 3.05) is 19.6 Å². The molecule has 3 aliphatic heterocycles. The molecule has 0 saturated carbocycles. The molecule has 402 valence electrons. The van der Waals surface area contributed by atoms with Crippen LogP contribution in [0.1, 0.15) is 184 Å². The maximum absolute atomic E-state index is 12.9. The summed E-state index contributed by atoms with van der Waals surface area (Å²) in [6.45, 7) is 14.8. The van der Waals surface area contributed by atoms with E-state index in [1.54, 1.807) is 51.5 Å². The van der Waals surface area contributed by atoms with Crippen LogP contribution < -0.4 is 0 Å². The van der Waals surface area contributed by atoms with Crippen LogP contribution >= 0.6 is 0 Å². The van der Waals surface area contributed by atoms with Crippen LogP contribution in [0.15, 0.2) is 91.4 Å². The number of aromatic nitrogens is 3. The Morgan fingerprint density at radius 3 is 1.37 bits per heavy atom. The summed E-state index contributed by atoms with van der Waals surface area (Å²) in [5.41, 5.74) is 7.84. The molecule has 3 saturated heterocycles. The van der Waals surface area contributed by atoms with Crippen LogP contribution in [-0.4, -0.2) is 102 Å². The van der Waals surface area contributed by atoms with E-state index in [2.05, 4.69) is 74.3 Å². The van der Waals surface area contributed by atoms with Crippen LogP contribution in [0.5, 0.6) is 0 Å². The third-order valence-electron chi connectivity index (χ3n) is 15.2. The molecule has 3 atom stereocenters. The molecule has 0 spiro atoms. The van der Waals surface area contributed by atoms with E-state index < -0.39 is 0 Å². The maximum Gasteiger partial charge on any atom is 0.224 e. The molecule has 12 nitrogen and oxygen atoms in total. The average molecular weight is 1050 g/mol. The second-order valence-electron chi connectivity index (χ2n) is 21.3. The van der Waals surface area contributed by atoms with Crippen LogP contribution in [-0.2, 0) is 14.4 Å². The van der Waals surface area contributed by atoms with Crippen molar-refractivity contribution in [1.82, 2.24) is 29.7 Å². The summed E-state index contributed by atoms with van der Waals surface area (Å²) in [7, 11) is 0. The van der Waals surface area contributed by atoms with Gasteiger partial charge in [-0.2, -0.15) is 0 Å². The van der Waals surface area contributed by atoms with E-state index in [1.165, 1.54) is 11.1 Å². The molecule has 3 fully saturated rings. The van der Waals surface area contributed by atoms with E-state index >= 15 is 0 Å². The molecule has 0 aliphatic carbocycles. The van der Waals surface area contributed by atoms with Crippen LogP contribution in [0, 0.1) is 37.0 Å². The fourth-order valence-electron chi connectivity index (χ4n) is 10.7. The summed E-state index contributed by atoms with van der Waals surface area (Å²) >= 11 is 0. The largest absolute Gasteiger partial charge is 0.329 e. The molecule has 3 amide bonds. The zero-order chi connectivity index (χ0) is 56.0. The lowest BCUT2D eigenvalue weighted by Crippen LogP contribution is -2.34. The van der Waals surface area contributed by atoms with Crippen molar-refractivity contribution in [1.29, 1.82) is 0 Å². The lowest BCUT2D eigenvalue weighted by molar-refractivity contribution is -0.131. The van der Waals surface area contributed by atoms with Crippen LogP contribution in [0.4, 0.5) is 0 Å². The number of likely N-dealkylation sites (tertiary alicyclic amines) is 3. The number of terminal acetylenes is 3. The molecule has 12 heteroatoms. The summed E-state index contributed by atoms with van der Waals surface area (Å²) in [4.78, 5) is 94.0. The van der Waals surface area contributed by atoms with Gasteiger partial charge in [-0.05, 0) is 115 Å². The minimum absolute atomic E-state index is 0.0182. The lowest BCUT2D eigenvalue weighted by atomic mass is 9.92. The van der Waals surface area contributed by atoms with Gasteiger partial charge in [-0.1, -0.05) is 89.6 Å². The number of benzene rings is 3. The number of rotatable bonds is 15. The first kappa shape index (κ1) is 57.7. The number of ketones is 3. The second-order valence-corrected chi connectivity index (χ2v) is 21.3. The number of pyridine rings is 3. The first-order valence-corrected chi connectivity index (χ1v) is 27.6. The lowest BCUT2D eigenvalue weighted by Gasteiger charge is -2.20. The SMILES string of the molecule is C#C[C@@H]1CCCN1C(=O)CCC(=O)c1ccnc2cc(C(C)C)ccc12.C#C[C@@H]1CCCN1C(=O)CCC(=O)c1ccnc2ccc(C(C)C)cc12.C#C[C@@H]1CCCN1C(=O)CCC(=O)c1ccnc2cccc(C(C)C)c12. The van der Waals surface area contributed by atoms with Crippen molar-refractivity contribution in [3.8, 4) is 37.0 Å². The second kappa shape index (κ2) is 26.8. The Balaban J connectivity index is 0.000000170. The summed E-state index contributed by atoms with van der Waals surface area (Å²) < 4.78 is 0. The van der Waals surface area contributed by atoms with E-state index in [1.807, 2.05) is 54.6 Å². The van der Waals surface area contributed by atoms with E-state index in [-0.39, 0.29) is 97.6 Å². The first-order chi connectivity index (χ1) is 37.5. The smallest absolute Gasteiger partial charge is 0.224 e. The number of hydrogen-bond donors (Lipinski definition) is 0. The van der Waals surface area contributed by atoms with Gasteiger partial charge in [0.15, 0.2) is 17.3 Å². The Morgan fingerprint density at radius 1 is 0.474 bits per heavy atom. The number of carbonyl (C=O) groups excluding carboxylic acids is 6. The third-order valence-corrected chi connectivity index (χ3v) is 15.2. The Kier molecular flexibility index (Phi) is 19.9. The zero-order valence-electron chi connectivity index (χ0n) is 46.1. The molecule has 3 aromatic heterocycles. The molecule has 6 aromatic rings. The average Bonchev–Trinajstić information content (AvgIpc) is 4.32. The molecule has 9 rings (SSSR count). The molecule has 78 heavy (non-hydrogen) atoms. The van der Waals surface area contributed by atoms with Gasteiger partial charge in [0.2, 0.25) is 17.7 Å². The highest BCUT2D eigenvalue weighted by atomic mass is 16.2. The predicted octanol–water partition coefficient (Wildman–Crippen LogP) is 11.8. The van der Waals surface area contributed by atoms with Gasteiger partial charge in [-0.25, -0.2) is 0 Å². The number of amides is 3. The molecule has 0 bridgehead atoms. The van der Waals surface area contributed by atoms with Crippen molar-refractivity contribution in [2.24, 2.45) is 0 Å². The molecule has 6 heterocycles.